The number of ketones is 1. The average molecular weight is 380 g/mol. The van der Waals surface area contributed by atoms with Crippen LogP contribution in [-0.2, 0) is 14.3 Å². The van der Waals surface area contributed by atoms with Crippen molar-refractivity contribution in [1.29, 1.82) is 0 Å². The molecule has 0 bridgehead atoms. The molecule has 0 spiro atoms. The molecule has 146 valence electrons. The van der Waals surface area contributed by atoms with Crippen molar-refractivity contribution >= 4 is 23.5 Å². The van der Waals surface area contributed by atoms with Crippen molar-refractivity contribution in [3.05, 3.63) is 0 Å². The van der Waals surface area contributed by atoms with E-state index in [2.05, 4.69) is 0 Å². The lowest BCUT2D eigenvalue weighted by atomic mass is 9.81. The molecule has 9 heteroatoms. The van der Waals surface area contributed by atoms with E-state index in [1.54, 1.807) is 20.8 Å². The highest BCUT2D eigenvalue weighted by Gasteiger charge is 2.56. The lowest BCUT2D eigenvalue weighted by Crippen LogP contribution is -2.60. The summed E-state index contributed by atoms with van der Waals surface area (Å²) in [5, 5.41) is 49.4. The van der Waals surface area contributed by atoms with E-state index < -0.39 is 52.6 Å². The molecule has 6 atom stereocenters. The summed E-state index contributed by atoms with van der Waals surface area (Å²) in [7, 11) is 0. The molecule has 6 unspecified atom stereocenters. The average Bonchev–Trinajstić information content (AvgIpc) is 2.46. The van der Waals surface area contributed by atoms with Gasteiger partial charge in [0.2, 0.25) is 4.93 Å². The summed E-state index contributed by atoms with van der Waals surface area (Å²) in [6.45, 7) is 5.90. The molecule has 0 aliphatic carbocycles. The molecular weight excluding hydrogens is 352 g/mol. The van der Waals surface area contributed by atoms with Crippen LogP contribution >= 0.6 is 11.8 Å². The fourth-order valence-corrected chi connectivity index (χ4v) is 4.47. The van der Waals surface area contributed by atoms with E-state index >= 15 is 0 Å². The highest BCUT2D eigenvalue weighted by atomic mass is 32.2. The van der Waals surface area contributed by atoms with Crippen molar-refractivity contribution in [3.63, 3.8) is 0 Å². The summed E-state index contributed by atoms with van der Waals surface area (Å²) in [6, 6.07) is 0. The van der Waals surface area contributed by atoms with Crippen LogP contribution in [0.5, 0.6) is 0 Å². The lowest BCUT2D eigenvalue weighted by Gasteiger charge is -2.48. The Morgan fingerprint density at radius 3 is 2.28 bits per heavy atom. The molecule has 0 saturated carbocycles. The van der Waals surface area contributed by atoms with E-state index in [9.17, 15) is 30.0 Å². The number of rotatable bonds is 7. The maximum absolute atomic E-state index is 11.9. The van der Waals surface area contributed by atoms with Crippen molar-refractivity contribution in [1.82, 2.24) is 0 Å². The highest BCUT2D eigenvalue weighted by molar-refractivity contribution is 8.02. The minimum absolute atomic E-state index is 0.142. The predicted molar refractivity (Wildman–Crippen MR) is 91.1 cm³/mol. The van der Waals surface area contributed by atoms with Crippen molar-refractivity contribution in [2.75, 3.05) is 6.61 Å². The first-order valence-corrected chi connectivity index (χ1v) is 8.90. The van der Waals surface area contributed by atoms with Crippen LogP contribution in [-0.4, -0.2) is 78.0 Å². The van der Waals surface area contributed by atoms with Gasteiger partial charge in [0.15, 0.2) is 0 Å². The van der Waals surface area contributed by atoms with Gasteiger partial charge in [-0.1, -0.05) is 20.8 Å². The van der Waals surface area contributed by atoms with Crippen molar-refractivity contribution in [2.45, 2.75) is 74.6 Å². The summed E-state index contributed by atoms with van der Waals surface area (Å²) >= 11 is 0.976. The molecule has 0 amide bonds. The van der Waals surface area contributed by atoms with Crippen LogP contribution in [0, 0.1) is 5.92 Å². The second kappa shape index (κ2) is 8.32. The smallest absolute Gasteiger partial charge is 0.346 e. The molecule has 0 radical (unpaired) electrons. The largest absolute Gasteiger partial charge is 0.478 e. The molecule has 0 aromatic rings. The number of carboxylic acids is 1. The zero-order valence-electron chi connectivity index (χ0n) is 14.9. The van der Waals surface area contributed by atoms with Gasteiger partial charge in [0.1, 0.15) is 18.0 Å². The molecule has 0 aromatic heterocycles. The van der Waals surface area contributed by atoms with Crippen LogP contribution in [0.15, 0.2) is 0 Å². The lowest BCUT2D eigenvalue weighted by molar-refractivity contribution is -0.215. The number of carboxylic acid groups (broad SMARTS) is 1. The van der Waals surface area contributed by atoms with E-state index in [-0.39, 0.29) is 18.6 Å². The van der Waals surface area contributed by atoms with E-state index in [0.717, 1.165) is 11.8 Å². The Balaban J connectivity index is 3.27. The third-order valence-electron chi connectivity index (χ3n) is 3.96. The number of Topliss-reactive ketones (excluding diaryl/α,β-unsaturated/α-hetero) is 1. The van der Waals surface area contributed by atoms with Gasteiger partial charge in [-0.15, -0.1) is 11.8 Å². The molecule has 1 aliphatic rings. The van der Waals surface area contributed by atoms with Crippen LogP contribution in [0.4, 0.5) is 0 Å². The van der Waals surface area contributed by atoms with E-state index in [1.165, 1.54) is 6.92 Å². The maximum atomic E-state index is 11.9. The Morgan fingerprint density at radius 2 is 1.88 bits per heavy atom. The molecule has 1 saturated heterocycles. The Kier molecular flexibility index (Phi) is 7.43. The molecule has 1 fully saturated rings. The van der Waals surface area contributed by atoms with Gasteiger partial charge < -0.3 is 35.1 Å². The Labute approximate surface area is 151 Å². The number of ether oxygens (including phenoxy) is 1. The number of aliphatic hydroxyl groups is 4. The van der Waals surface area contributed by atoms with Gasteiger partial charge in [-0.25, -0.2) is 4.79 Å². The van der Waals surface area contributed by atoms with Gasteiger partial charge in [0.05, 0.1) is 18.8 Å². The van der Waals surface area contributed by atoms with Crippen LogP contribution in [0.2, 0.25) is 0 Å². The van der Waals surface area contributed by atoms with Crippen LogP contribution in [0.1, 0.15) is 40.5 Å². The van der Waals surface area contributed by atoms with Gasteiger partial charge in [-0.2, -0.15) is 0 Å². The number of thioether (sulfide) groups is 1. The molecule has 25 heavy (non-hydrogen) atoms. The van der Waals surface area contributed by atoms with Gasteiger partial charge in [-0.05, 0) is 6.92 Å². The third-order valence-corrected chi connectivity index (χ3v) is 5.34. The first kappa shape index (κ1) is 22.3. The Hall–Kier alpha value is -0.710. The fraction of sp³-hybridized carbons (Fsp3) is 0.875. The second-order valence-electron chi connectivity index (χ2n) is 7.44. The third kappa shape index (κ3) is 5.63. The normalized spacial score (nSPS) is 32.9. The van der Waals surface area contributed by atoms with Crippen LogP contribution < -0.4 is 0 Å². The summed E-state index contributed by atoms with van der Waals surface area (Å²) in [6.07, 6.45) is -6.19. The summed E-state index contributed by atoms with van der Waals surface area (Å²) < 4.78 is 5.18. The van der Waals surface area contributed by atoms with Gasteiger partial charge in [0.25, 0.3) is 0 Å². The SMILES string of the molecule is CC(=O)CC1C(O)CC(SC(C)(C)C)(C(=O)O)OC1C(O)C(O)CO. The Bertz CT molecular complexity index is 491. The quantitative estimate of drug-likeness (QED) is 0.404. The minimum atomic E-state index is -1.84. The molecule has 5 N–H and O–H groups in total. The highest BCUT2D eigenvalue weighted by Crippen LogP contribution is 2.47. The Morgan fingerprint density at radius 1 is 1.32 bits per heavy atom. The molecule has 1 aliphatic heterocycles. The molecule has 0 aromatic carbocycles. The minimum Gasteiger partial charge on any atom is -0.478 e. The van der Waals surface area contributed by atoms with Gasteiger partial charge in [0, 0.05) is 23.5 Å². The zero-order chi connectivity index (χ0) is 19.6. The van der Waals surface area contributed by atoms with Crippen LogP contribution in [0.25, 0.3) is 0 Å². The van der Waals surface area contributed by atoms with Crippen LogP contribution in [0.3, 0.4) is 0 Å². The maximum Gasteiger partial charge on any atom is 0.346 e. The van der Waals surface area contributed by atoms with E-state index in [4.69, 9.17) is 9.84 Å². The first-order chi connectivity index (χ1) is 11.3. The molecule has 8 nitrogen and oxygen atoms in total. The van der Waals surface area contributed by atoms with Crippen molar-refractivity contribution in [3.8, 4) is 0 Å². The summed E-state index contributed by atoms with van der Waals surface area (Å²) in [5.41, 5.74) is 0. The monoisotopic (exact) mass is 380 g/mol. The number of carbonyl (C=O) groups excluding carboxylic acids is 1. The van der Waals surface area contributed by atoms with Crippen molar-refractivity contribution in [2.24, 2.45) is 5.92 Å². The molecular formula is C16H28O8S. The number of hydrogen-bond donors (Lipinski definition) is 5. The fourth-order valence-electron chi connectivity index (χ4n) is 2.98. The van der Waals surface area contributed by atoms with E-state index in [0.29, 0.717) is 0 Å². The first-order valence-electron chi connectivity index (χ1n) is 8.09. The van der Waals surface area contributed by atoms with Crippen molar-refractivity contribution < 1.29 is 39.9 Å². The van der Waals surface area contributed by atoms with E-state index in [1.807, 2.05) is 0 Å². The number of carbonyl (C=O) groups is 2. The van der Waals surface area contributed by atoms with Gasteiger partial charge in [-0.3, -0.25) is 0 Å². The number of aliphatic hydroxyl groups excluding tert-OH is 4. The summed E-state index contributed by atoms with van der Waals surface area (Å²) in [5.74, 6) is -2.47. The number of hydrogen-bond acceptors (Lipinski definition) is 8. The number of aliphatic carboxylic acids is 1. The predicted octanol–water partition coefficient (Wildman–Crippen LogP) is -0.242. The standard InChI is InChI=1S/C16H28O8S/c1-8(18)5-9-10(19)6-16(14(22)23,25-15(2,3)4)24-13(9)12(21)11(20)7-17/h9-13,17,19-21H,5-7H2,1-4H3,(H,22,23). The molecule has 1 rings (SSSR count). The summed E-state index contributed by atoms with van der Waals surface area (Å²) in [4.78, 5) is 21.6. The topological polar surface area (TPSA) is 145 Å². The van der Waals surface area contributed by atoms with Gasteiger partial charge >= 0.3 is 5.97 Å². The molecule has 1 heterocycles. The second-order valence-corrected chi connectivity index (χ2v) is 9.53. The zero-order valence-corrected chi connectivity index (χ0v) is 15.7.